The highest BCUT2D eigenvalue weighted by atomic mass is 28.4. The van der Waals surface area contributed by atoms with Gasteiger partial charge < -0.3 is 9.53 Å². The van der Waals surface area contributed by atoms with Crippen LogP contribution < -0.4 is 10.4 Å². The minimum absolute atomic E-state index is 0.000422. The van der Waals surface area contributed by atoms with Crippen LogP contribution in [0.2, 0.25) is 5.04 Å². The zero-order valence-corrected chi connectivity index (χ0v) is 18.2. The number of rotatable bonds is 9. The molecule has 2 rings (SSSR count). The maximum Gasteiger partial charge on any atom is 0.261 e. The van der Waals surface area contributed by atoms with Crippen LogP contribution in [0.3, 0.4) is 0 Å². The lowest BCUT2D eigenvalue weighted by Gasteiger charge is -2.43. The Morgan fingerprint density at radius 3 is 1.89 bits per heavy atom. The minimum Gasteiger partial charge on any atom is -0.407 e. The van der Waals surface area contributed by atoms with E-state index in [1.54, 1.807) is 6.08 Å². The van der Waals surface area contributed by atoms with Crippen molar-refractivity contribution >= 4 is 18.7 Å². The van der Waals surface area contributed by atoms with Gasteiger partial charge in [-0.3, -0.25) is 0 Å². The number of hydrogen-bond donors (Lipinski definition) is 1. The fourth-order valence-electron chi connectivity index (χ4n) is 3.80. The summed E-state index contributed by atoms with van der Waals surface area (Å²) in [6, 6.07) is 21.4. The predicted molar refractivity (Wildman–Crippen MR) is 118 cm³/mol. The maximum absolute atomic E-state index is 9.82. The predicted octanol–water partition coefficient (Wildman–Crippen LogP) is 4.53. The van der Waals surface area contributed by atoms with Gasteiger partial charge in [0.15, 0.2) is 0 Å². The smallest absolute Gasteiger partial charge is 0.261 e. The molecule has 0 fully saturated rings. The van der Waals surface area contributed by atoms with Gasteiger partial charge in [-0.05, 0) is 34.2 Å². The molecule has 0 spiro atoms. The largest absolute Gasteiger partial charge is 0.407 e. The topological polar surface area (TPSA) is 29.5 Å². The van der Waals surface area contributed by atoms with E-state index in [0.717, 1.165) is 12.8 Å². The van der Waals surface area contributed by atoms with Crippen LogP contribution in [0.4, 0.5) is 0 Å². The molecular weight excluding hydrogens is 348 g/mol. The number of aliphatic hydroxyl groups excluding tert-OH is 1. The standard InChI is InChI=1S/C24H34O2Si/c1-6-21(25)19-20(2)17-18-26-27(24(3,4)5,22-13-9-7-10-14-22)23-15-11-8-12-16-23/h6-16,20-21,25H,1,17-19H2,2-5H3/t20-,21+/m1/s1. The van der Waals surface area contributed by atoms with Crippen LogP contribution in [-0.2, 0) is 4.43 Å². The lowest BCUT2D eigenvalue weighted by Crippen LogP contribution is -2.66. The Labute approximate surface area is 166 Å². The third-order valence-corrected chi connectivity index (χ3v) is 10.3. The first-order valence-corrected chi connectivity index (χ1v) is 11.8. The second-order valence-electron chi connectivity index (χ2n) is 8.44. The molecule has 2 nitrogen and oxygen atoms in total. The molecule has 0 unspecified atom stereocenters. The molecule has 0 bridgehead atoms. The molecule has 146 valence electrons. The third-order valence-electron chi connectivity index (χ3n) is 5.26. The minimum atomic E-state index is -2.45. The summed E-state index contributed by atoms with van der Waals surface area (Å²) < 4.78 is 6.88. The van der Waals surface area contributed by atoms with Crippen molar-refractivity contribution in [3.05, 3.63) is 73.3 Å². The average Bonchev–Trinajstić information content (AvgIpc) is 2.65. The summed E-state index contributed by atoms with van der Waals surface area (Å²) in [5.74, 6) is 0.385. The molecule has 27 heavy (non-hydrogen) atoms. The monoisotopic (exact) mass is 382 g/mol. The van der Waals surface area contributed by atoms with Crippen LogP contribution in [0, 0.1) is 5.92 Å². The summed E-state index contributed by atoms with van der Waals surface area (Å²) in [7, 11) is -2.45. The molecule has 0 amide bonds. The van der Waals surface area contributed by atoms with Crippen LogP contribution in [0.5, 0.6) is 0 Å². The van der Waals surface area contributed by atoms with Gasteiger partial charge in [0.1, 0.15) is 0 Å². The van der Waals surface area contributed by atoms with Gasteiger partial charge in [0.2, 0.25) is 0 Å². The molecule has 0 radical (unpaired) electrons. The first kappa shape index (κ1) is 21.6. The van der Waals surface area contributed by atoms with Gasteiger partial charge in [0.25, 0.3) is 8.32 Å². The molecule has 0 aliphatic rings. The summed E-state index contributed by atoms with van der Waals surface area (Å²) in [6.07, 6.45) is 2.83. The lowest BCUT2D eigenvalue weighted by atomic mass is 10.0. The SMILES string of the molecule is C=C[C@H](O)C[C@H](C)CCO[Si](c1ccccc1)(c1ccccc1)C(C)(C)C. The Morgan fingerprint density at radius 1 is 1.00 bits per heavy atom. The fourth-order valence-corrected chi connectivity index (χ4v) is 8.38. The lowest BCUT2D eigenvalue weighted by molar-refractivity contribution is 0.177. The van der Waals surface area contributed by atoms with Crippen molar-refractivity contribution in [2.24, 2.45) is 5.92 Å². The molecule has 0 aliphatic heterocycles. The summed E-state index contributed by atoms with van der Waals surface area (Å²) in [4.78, 5) is 0. The van der Waals surface area contributed by atoms with Gasteiger partial charge in [-0.15, -0.1) is 6.58 Å². The van der Waals surface area contributed by atoms with E-state index in [1.807, 2.05) is 0 Å². The van der Waals surface area contributed by atoms with Crippen LogP contribution in [-0.4, -0.2) is 26.1 Å². The van der Waals surface area contributed by atoms with E-state index in [9.17, 15) is 5.11 Å². The highest BCUT2D eigenvalue weighted by Gasteiger charge is 2.49. The van der Waals surface area contributed by atoms with E-state index in [0.29, 0.717) is 12.5 Å². The van der Waals surface area contributed by atoms with E-state index < -0.39 is 14.4 Å². The number of hydrogen-bond acceptors (Lipinski definition) is 2. The zero-order chi connectivity index (χ0) is 19.9. The molecule has 2 aromatic carbocycles. The van der Waals surface area contributed by atoms with Crippen molar-refractivity contribution in [1.29, 1.82) is 0 Å². The van der Waals surface area contributed by atoms with Crippen molar-refractivity contribution in [3.63, 3.8) is 0 Å². The Morgan fingerprint density at radius 2 is 1.48 bits per heavy atom. The molecule has 0 saturated carbocycles. The molecule has 0 heterocycles. The second kappa shape index (κ2) is 9.49. The van der Waals surface area contributed by atoms with Gasteiger partial charge >= 0.3 is 0 Å². The molecule has 2 atom stereocenters. The average molecular weight is 383 g/mol. The van der Waals surface area contributed by atoms with Crippen molar-refractivity contribution < 1.29 is 9.53 Å². The van der Waals surface area contributed by atoms with Crippen LogP contribution in [0.15, 0.2) is 73.3 Å². The Kier molecular flexibility index (Phi) is 7.60. The van der Waals surface area contributed by atoms with Crippen LogP contribution >= 0.6 is 0 Å². The van der Waals surface area contributed by atoms with E-state index in [4.69, 9.17) is 4.43 Å². The van der Waals surface area contributed by atoms with Crippen molar-refractivity contribution in [1.82, 2.24) is 0 Å². The van der Waals surface area contributed by atoms with Gasteiger partial charge in [0.05, 0.1) is 6.10 Å². The van der Waals surface area contributed by atoms with E-state index in [1.165, 1.54) is 10.4 Å². The maximum atomic E-state index is 9.82. The summed E-state index contributed by atoms with van der Waals surface area (Å²) in [6.45, 7) is 13.4. The van der Waals surface area contributed by atoms with Crippen molar-refractivity contribution in [2.45, 2.75) is 51.7 Å². The van der Waals surface area contributed by atoms with Gasteiger partial charge in [-0.2, -0.15) is 0 Å². The second-order valence-corrected chi connectivity index (χ2v) is 12.8. The zero-order valence-electron chi connectivity index (χ0n) is 17.2. The van der Waals surface area contributed by atoms with Crippen LogP contribution in [0.25, 0.3) is 0 Å². The normalized spacial score (nSPS) is 14.6. The van der Waals surface area contributed by atoms with Gasteiger partial charge in [0, 0.05) is 6.61 Å². The summed E-state index contributed by atoms with van der Waals surface area (Å²) >= 11 is 0. The Hall–Kier alpha value is -1.68. The first-order valence-electron chi connectivity index (χ1n) is 9.87. The first-order chi connectivity index (χ1) is 12.8. The molecule has 0 aromatic heterocycles. The number of benzene rings is 2. The van der Waals surface area contributed by atoms with E-state index in [-0.39, 0.29) is 5.04 Å². The van der Waals surface area contributed by atoms with Crippen molar-refractivity contribution in [3.8, 4) is 0 Å². The Bertz CT molecular complexity index is 652. The summed E-state index contributed by atoms with van der Waals surface area (Å²) in [5.41, 5.74) is 0. The Balaban J connectivity index is 2.34. The highest BCUT2D eigenvalue weighted by molar-refractivity contribution is 6.99. The molecule has 3 heteroatoms. The molecular formula is C24H34O2Si. The van der Waals surface area contributed by atoms with Gasteiger partial charge in [-0.1, -0.05) is 94.4 Å². The highest BCUT2D eigenvalue weighted by Crippen LogP contribution is 2.37. The molecule has 0 saturated heterocycles. The molecule has 1 N–H and O–H groups in total. The van der Waals surface area contributed by atoms with E-state index in [2.05, 4.69) is 94.9 Å². The van der Waals surface area contributed by atoms with Crippen molar-refractivity contribution in [2.75, 3.05) is 6.61 Å². The molecule has 0 aliphatic carbocycles. The van der Waals surface area contributed by atoms with Crippen LogP contribution in [0.1, 0.15) is 40.5 Å². The quantitative estimate of drug-likeness (QED) is 0.510. The fraction of sp³-hybridized carbons (Fsp3) is 0.417. The number of aliphatic hydroxyl groups is 1. The van der Waals surface area contributed by atoms with E-state index >= 15 is 0 Å². The summed E-state index contributed by atoms with van der Waals surface area (Å²) in [5, 5.41) is 12.4. The third kappa shape index (κ3) is 5.19. The molecule has 2 aromatic rings. The van der Waals surface area contributed by atoms with Gasteiger partial charge in [-0.25, -0.2) is 0 Å².